The summed E-state index contributed by atoms with van der Waals surface area (Å²) in [5, 5.41) is 2.88. The second-order valence-electron chi connectivity index (χ2n) is 5.35. The quantitative estimate of drug-likeness (QED) is 0.805. The molecule has 1 amide bonds. The first-order chi connectivity index (χ1) is 11.1. The van der Waals surface area contributed by atoms with Crippen LogP contribution in [-0.2, 0) is 4.79 Å². The van der Waals surface area contributed by atoms with Crippen molar-refractivity contribution in [1.29, 1.82) is 0 Å². The molecule has 1 atom stereocenters. The SMILES string of the molecule is CC(=O)N[C@@H](C)c1ccc(-n2ccnc2-c2ccccn2)cc1. The Morgan fingerprint density at radius 3 is 2.52 bits per heavy atom. The average molecular weight is 306 g/mol. The number of benzene rings is 1. The van der Waals surface area contributed by atoms with Gasteiger partial charge in [-0.05, 0) is 36.8 Å². The summed E-state index contributed by atoms with van der Waals surface area (Å²) in [4.78, 5) is 19.9. The summed E-state index contributed by atoms with van der Waals surface area (Å²) in [5.74, 6) is 0.766. The number of aromatic nitrogens is 3. The number of hydrogen-bond acceptors (Lipinski definition) is 3. The van der Waals surface area contributed by atoms with Crippen LogP contribution >= 0.6 is 0 Å². The Kier molecular flexibility index (Phi) is 4.19. The largest absolute Gasteiger partial charge is 0.350 e. The highest BCUT2D eigenvalue weighted by molar-refractivity contribution is 5.73. The zero-order valence-corrected chi connectivity index (χ0v) is 13.1. The van der Waals surface area contributed by atoms with Gasteiger partial charge in [0.15, 0.2) is 5.82 Å². The van der Waals surface area contributed by atoms with Gasteiger partial charge in [0.25, 0.3) is 0 Å². The van der Waals surface area contributed by atoms with Gasteiger partial charge in [0.1, 0.15) is 5.69 Å². The standard InChI is InChI=1S/C18H18N4O/c1-13(21-14(2)23)15-6-8-16(9-7-15)22-12-11-20-18(22)17-5-3-4-10-19-17/h3-13H,1-2H3,(H,21,23)/t13-/m0/s1. The molecule has 0 radical (unpaired) electrons. The molecule has 23 heavy (non-hydrogen) atoms. The van der Waals surface area contributed by atoms with Crippen molar-refractivity contribution in [2.45, 2.75) is 19.9 Å². The van der Waals surface area contributed by atoms with Crippen LogP contribution < -0.4 is 5.32 Å². The highest BCUT2D eigenvalue weighted by Gasteiger charge is 2.10. The van der Waals surface area contributed by atoms with Gasteiger partial charge in [0, 0.05) is 31.2 Å². The fourth-order valence-electron chi connectivity index (χ4n) is 2.51. The van der Waals surface area contributed by atoms with Crippen LogP contribution in [0.1, 0.15) is 25.5 Å². The molecule has 5 nitrogen and oxygen atoms in total. The maximum atomic E-state index is 11.2. The average Bonchev–Trinajstić information content (AvgIpc) is 3.05. The third-order valence-electron chi connectivity index (χ3n) is 3.63. The van der Waals surface area contributed by atoms with Crippen molar-refractivity contribution in [2.75, 3.05) is 0 Å². The minimum absolute atomic E-state index is 0.0143. The Morgan fingerprint density at radius 1 is 1.09 bits per heavy atom. The van der Waals surface area contributed by atoms with E-state index in [1.165, 1.54) is 6.92 Å². The molecule has 0 aliphatic rings. The highest BCUT2D eigenvalue weighted by Crippen LogP contribution is 2.21. The minimum Gasteiger partial charge on any atom is -0.350 e. The molecule has 0 aliphatic heterocycles. The van der Waals surface area contributed by atoms with E-state index in [1.54, 1.807) is 12.4 Å². The minimum atomic E-state index is -0.0337. The van der Waals surface area contributed by atoms with E-state index in [9.17, 15) is 4.79 Å². The summed E-state index contributed by atoms with van der Waals surface area (Å²) in [6, 6.07) is 13.8. The topological polar surface area (TPSA) is 59.8 Å². The number of imidazole rings is 1. The van der Waals surface area contributed by atoms with Crippen LogP contribution in [0.3, 0.4) is 0 Å². The van der Waals surface area contributed by atoms with Gasteiger partial charge in [-0.25, -0.2) is 4.98 Å². The summed E-state index contributed by atoms with van der Waals surface area (Å²) in [5.41, 5.74) is 2.89. The highest BCUT2D eigenvalue weighted by atomic mass is 16.1. The monoisotopic (exact) mass is 306 g/mol. The first-order valence-electron chi connectivity index (χ1n) is 7.47. The predicted molar refractivity (Wildman–Crippen MR) is 89.0 cm³/mol. The molecule has 0 spiro atoms. The van der Waals surface area contributed by atoms with Crippen LogP contribution in [0.4, 0.5) is 0 Å². The second kappa shape index (κ2) is 6.44. The molecule has 0 bridgehead atoms. The molecule has 5 heteroatoms. The Bertz CT molecular complexity index is 793. The van der Waals surface area contributed by atoms with Crippen molar-refractivity contribution in [3.63, 3.8) is 0 Å². The molecule has 1 aromatic carbocycles. The second-order valence-corrected chi connectivity index (χ2v) is 5.35. The molecule has 2 aromatic heterocycles. The van der Waals surface area contributed by atoms with Crippen molar-refractivity contribution in [3.8, 4) is 17.2 Å². The van der Waals surface area contributed by atoms with Crippen LogP contribution in [0.15, 0.2) is 61.1 Å². The Morgan fingerprint density at radius 2 is 1.87 bits per heavy atom. The van der Waals surface area contributed by atoms with E-state index in [0.29, 0.717) is 0 Å². The summed E-state index contributed by atoms with van der Waals surface area (Å²) in [6.07, 6.45) is 5.43. The first-order valence-corrected chi connectivity index (χ1v) is 7.47. The number of rotatable bonds is 4. The Labute approximate surface area is 135 Å². The van der Waals surface area contributed by atoms with Gasteiger partial charge in [-0.2, -0.15) is 0 Å². The lowest BCUT2D eigenvalue weighted by Gasteiger charge is -2.14. The van der Waals surface area contributed by atoms with Gasteiger partial charge in [-0.1, -0.05) is 18.2 Å². The number of hydrogen-bond donors (Lipinski definition) is 1. The third kappa shape index (κ3) is 3.29. The molecule has 0 fully saturated rings. The maximum absolute atomic E-state index is 11.2. The van der Waals surface area contributed by atoms with E-state index < -0.39 is 0 Å². The fourth-order valence-corrected chi connectivity index (χ4v) is 2.51. The van der Waals surface area contributed by atoms with Crippen LogP contribution in [0.25, 0.3) is 17.2 Å². The molecule has 3 aromatic rings. The van der Waals surface area contributed by atoms with E-state index in [2.05, 4.69) is 15.3 Å². The molecular weight excluding hydrogens is 288 g/mol. The number of nitrogens with zero attached hydrogens (tertiary/aromatic N) is 3. The van der Waals surface area contributed by atoms with Crippen LogP contribution in [0.5, 0.6) is 0 Å². The van der Waals surface area contributed by atoms with Gasteiger partial charge < -0.3 is 5.32 Å². The molecule has 116 valence electrons. The van der Waals surface area contributed by atoms with Crippen LogP contribution in [0.2, 0.25) is 0 Å². The van der Waals surface area contributed by atoms with Gasteiger partial charge in [-0.3, -0.25) is 14.3 Å². The van der Waals surface area contributed by atoms with Crippen molar-refractivity contribution in [1.82, 2.24) is 19.9 Å². The molecule has 0 aliphatic carbocycles. The van der Waals surface area contributed by atoms with Crippen molar-refractivity contribution < 1.29 is 4.79 Å². The van der Waals surface area contributed by atoms with Crippen molar-refractivity contribution >= 4 is 5.91 Å². The number of amides is 1. The summed E-state index contributed by atoms with van der Waals surface area (Å²) in [6.45, 7) is 3.49. The Hall–Kier alpha value is -2.95. The molecule has 0 saturated carbocycles. The van der Waals surface area contributed by atoms with E-state index in [1.807, 2.05) is 60.2 Å². The van der Waals surface area contributed by atoms with Gasteiger partial charge in [0.05, 0.1) is 6.04 Å². The van der Waals surface area contributed by atoms with Crippen LogP contribution in [0, 0.1) is 0 Å². The smallest absolute Gasteiger partial charge is 0.217 e. The van der Waals surface area contributed by atoms with E-state index in [4.69, 9.17) is 0 Å². The zero-order valence-electron chi connectivity index (χ0n) is 13.1. The third-order valence-corrected chi connectivity index (χ3v) is 3.63. The molecular formula is C18H18N4O. The summed E-state index contributed by atoms with van der Waals surface area (Å²) >= 11 is 0. The summed E-state index contributed by atoms with van der Waals surface area (Å²) in [7, 11) is 0. The lowest BCUT2D eigenvalue weighted by molar-refractivity contribution is -0.119. The van der Waals surface area contributed by atoms with Gasteiger partial charge >= 0.3 is 0 Å². The number of carbonyl (C=O) groups is 1. The van der Waals surface area contributed by atoms with Crippen molar-refractivity contribution in [3.05, 3.63) is 66.6 Å². The van der Waals surface area contributed by atoms with E-state index in [-0.39, 0.29) is 11.9 Å². The van der Waals surface area contributed by atoms with Gasteiger partial charge in [0.2, 0.25) is 5.91 Å². The Balaban J connectivity index is 1.89. The number of nitrogens with one attached hydrogen (secondary N) is 1. The molecule has 3 rings (SSSR count). The van der Waals surface area contributed by atoms with E-state index in [0.717, 1.165) is 22.8 Å². The van der Waals surface area contributed by atoms with Crippen molar-refractivity contribution in [2.24, 2.45) is 0 Å². The zero-order chi connectivity index (χ0) is 16.2. The molecule has 0 unspecified atom stereocenters. The number of pyridine rings is 1. The first kappa shape index (κ1) is 15.0. The lowest BCUT2D eigenvalue weighted by Crippen LogP contribution is -2.23. The van der Waals surface area contributed by atoms with Crippen LogP contribution in [-0.4, -0.2) is 20.4 Å². The predicted octanol–water partition coefficient (Wildman–Crippen LogP) is 3.13. The van der Waals surface area contributed by atoms with E-state index >= 15 is 0 Å². The fraction of sp³-hybridized carbons (Fsp3) is 0.167. The summed E-state index contributed by atoms with van der Waals surface area (Å²) < 4.78 is 2.00. The normalized spacial score (nSPS) is 11.9. The number of carbonyl (C=O) groups excluding carboxylic acids is 1. The van der Waals surface area contributed by atoms with Gasteiger partial charge in [-0.15, -0.1) is 0 Å². The lowest BCUT2D eigenvalue weighted by atomic mass is 10.1. The molecule has 0 saturated heterocycles. The molecule has 1 N–H and O–H groups in total. The maximum Gasteiger partial charge on any atom is 0.217 e. The molecule has 2 heterocycles.